The monoisotopic (exact) mass is 345 g/mol. The summed E-state index contributed by atoms with van der Waals surface area (Å²) in [5.41, 5.74) is 1.45. The predicted molar refractivity (Wildman–Crippen MR) is 88.0 cm³/mol. The fourth-order valence-electron chi connectivity index (χ4n) is 2.25. The quantitative estimate of drug-likeness (QED) is 0.734. The van der Waals surface area contributed by atoms with Gasteiger partial charge < -0.3 is 5.32 Å². The molecule has 0 aliphatic heterocycles. The highest BCUT2D eigenvalue weighted by Gasteiger charge is 2.17. The van der Waals surface area contributed by atoms with E-state index in [1.54, 1.807) is 18.2 Å². The first-order valence-corrected chi connectivity index (χ1v) is 7.77. The summed E-state index contributed by atoms with van der Waals surface area (Å²) in [6, 6.07) is 9.98. The largest absolute Gasteiger partial charge is 0.310 e. The van der Waals surface area contributed by atoms with Crippen molar-refractivity contribution in [1.82, 2.24) is 5.32 Å². The van der Waals surface area contributed by atoms with Gasteiger partial charge in [0.25, 0.3) is 0 Å². The molecule has 0 fully saturated rings. The van der Waals surface area contributed by atoms with Gasteiger partial charge in [0.05, 0.1) is 10.0 Å². The van der Waals surface area contributed by atoms with Crippen molar-refractivity contribution in [3.63, 3.8) is 0 Å². The molecule has 0 bridgehead atoms. The standard InChI is InChI=1S/C16H15Cl3FN/c1-2-21-15(12-7-6-11(17)9-14(12)20)8-10-4-3-5-13(18)16(10)19/h3-7,9,15,21H,2,8H2,1H3. The minimum absolute atomic E-state index is 0.191. The van der Waals surface area contributed by atoms with Crippen LogP contribution in [0.2, 0.25) is 15.1 Å². The molecule has 0 aromatic heterocycles. The van der Waals surface area contributed by atoms with Crippen molar-refractivity contribution in [3.05, 3.63) is 68.4 Å². The van der Waals surface area contributed by atoms with Gasteiger partial charge in [0.2, 0.25) is 0 Å². The number of halogens is 4. The lowest BCUT2D eigenvalue weighted by molar-refractivity contribution is 0.510. The van der Waals surface area contributed by atoms with Crippen molar-refractivity contribution < 1.29 is 4.39 Å². The molecule has 1 unspecified atom stereocenters. The van der Waals surface area contributed by atoms with Gasteiger partial charge >= 0.3 is 0 Å². The first-order valence-electron chi connectivity index (χ1n) is 6.64. The molecule has 0 heterocycles. The Bertz CT molecular complexity index is 631. The molecule has 2 aromatic carbocycles. The van der Waals surface area contributed by atoms with Crippen LogP contribution in [0.5, 0.6) is 0 Å². The molecular weight excluding hydrogens is 332 g/mol. The molecule has 21 heavy (non-hydrogen) atoms. The molecule has 0 saturated carbocycles. The SMILES string of the molecule is CCNC(Cc1cccc(Cl)c1Cl)c1ccc(Cl)cc1F. The fraction of sp³-hybridized carbons (Fsp3) is 0.250. The van der Waals surface area contributed by atoms with E-state index in [4.69, 9.17) is 34.8 Å². The molecule has 1 nitrogen and oxygen atoms in total. The van der Waals surface area contributed by atoms with Gasteiger partial charge in [0.15, 0.2) is 0 Å². The van der Waals surface area contributed by atoms with Crippen LogP contribution in [0.4, 0.5) is 4.39 Å². The van der Waals surface area contributed by atoms with Crippen LogP contribution in [0.3, 0.4) is 0 Å². The zero-order valence-electron chi connectivity index (χ0n) is 11.5. The summed E-state index contributed by atoms with van der Waals surface area (Å²) in [5.74, 6) is -0.327. The third-order valence-electron chi connectivity index (χ3n) is 3.24. The molecule has 1 N–H and O–H groups in total. The Morgan fingerprint density at radius 2 is 1.90 bits per heavy atom. The molecule has 0 saturated heterocycles. The second kappa shape index (κ2) is 7.46. The van der Waals surface area contributed by atoms with Crippen molar-refractivity contribution >= 4 is 34.8 Å². The highest BCUT2D eigenvalue weighted by atomic mass is 35.5. The van der Waals surface area contributed by atoms with E-state index in [-0.39, 0.29) is 11.9 Å². The van der Waals surface area contributed by atoms with Gasteiger partial charge in [-0.3, -0.25) is 0 Å². The van der Waals surface area contributed by atoms with Crippen LogP contribution >= 0.6 is 34.8 Å². The summed E-state index contributed by atoms with van der Waals surface area (Å²) < 4.78 is 14.1. The minimum atomic E-state index is -0.327. The van der Waals surface area contributed by atoms with Crippen LogP contribution in [0.15, 0.2) is 36.4 Å². The molecule has 1 atom stereocenters. The lowest BCUT2D eigenvalue weighted by Crippen LogP contribution is -2.24. The van der Waals surface area contributed by atoms with Gasteiger partial charge in [-0.25, -0.2) is 4.39 Å². The number of hydrogen-bond acceptors (Lipinski definition) is 1. The Morgan fingerprint density at radius 1 is 1.14 bits per heavy atom. The maximum Gasteiger partial charge on any atom is 0.129 e. The normalized spacial score (nSPS) is 12.4. The van der Waals surface area contributed by atoms with E-state index in [0.717, 1.165) is 5.56 Å². The lowest BCUT2D eigenvalue weighted by atomic mass is 9.98. The van der Waals surface area contributed by atoms with E-state index < -0.39 is 0 Å². The highest BCUT2D eigenvalue weighted by molar-refractivity contribution is 6.42. The summed E-state index contributed by atoms with van der Waals surface area (Å²) >= 11 is 18.0. The first kappa shape index (κ1) is 16.6. The molecule has 0 amide bonds. The zero-order chi connectivity index (χ0) is 15.4. The number of nitrogens with one attached hydrogen (secondary N) is 1. The second-order valence-corrected chi connectivity index (χ2v) is 5.91. The number of hydrogen-bond donors (Lipinski definition) is 1. The third-order valence-corrected chi connectivity index (χ3v) is 4.34. The Hall–Kier alpha value is -0.800. The average Bonchev–Trinajstić information content (AvgIpc) is 2.43. The number of likely N-dealkylation sites (N-methyl/N-ethyl adjacent to an activating group) is 1. The third kappa shape index (κ3) is 4.10. The zero-order valence-corrected chi connectivity index (χ0v) is 13.7. The number of rotatable bonds is 5. The first-order chi connectivity index (χ1) is 10.0. The second-order valence-electron chi connectivity index (χ2n) is 4.69. The Balaban J connectivity index is 2.33. The fourth-order valence-corrected chi connectivity index (χ4v) is 2.80. The van der Waals surface area contributed by atoms with Gasteiger partial charge in [0, 0.05) is 16.6 Å². The maximum absolute atomic E-state index is 14.1. The van der Waals surface area contributed by atoms with Gasteiger partial charge in [-0.05, 0) is 36.7 Å². The topological polar surface area (TPSA) is 12.0 Å². The van der Waals surface area contributed by atoms with E-state index in [9.17, 15) is 4.39 Å². The molecule has 2 rings (SSSR count). The van der Waals surface area contributed by atoms with E-state index in [0.29, 0.717) is 33.6 Å². The van der Waals surface area contributed by atoms with E-state index in [1.807, 2.05) is 19.1 Å². The summed E-state index contributed by atoms with van der Waals surface area (Å²) in [5, 5.41) is 4.66. The van der Waals surface area contributed by atoms with Gasteiger partial charge in [-0.2, -0.15) is 0 Å². The van der Waals surface area contributed by atoms with Crippen LogP contribution in [0, 0.1) is 5.82 Å². The van der Waals surface area contributed by atoms with Crippen LogP contribution in [-0.4, -0.2) is 6.54 Å². The summed E-state index contributed by atoms with van der Waals surface area (Å²) in [6.45, 7) is 2.69. The summed E-state index contributed by atoms with van der Waals surface area (Å²) in [4.78, 5) is 0. The van der Waals surface area contributed by atoms with Crippen molar-refractivity contribution in [1.29, 1.82) is 0 Å². The van der Waals surface area contributed by atoms with Crippen molar-refractivity contribution in [2.24, 2.45) is 0 Å². The molecular formula is C16H15Cl3FN. The predicted octanol–water partition coefficient (Wildman–Crippen LogP) is 5.68. The molecule has 112 valence electrons. The lowest BCUT2D eigenvalue weighted by Gasteiger charge is -2.20. The molecule has 0 spiro atoms. The molecule has 0 aliphatic rings. The Morgan fingerprint density at radius 3 is 2.57 bits per heavy atom. The van der Waals surface area contributed by atoms with E-state index in [2.05, 4.69) is 5.32 Å². The average molecular weight is 347 g/mol. The maximum atomic E-state index is 14.1. The Kier molecular flexibility index (Phi) is 5.88. The van der Waals surface area contributed by atoms with Gasteiger partial charge in [-0.1, -0.05) is 59.9 Å². The van der Waals surface area contributed by atoms with Crippen LogP contribution in [-0.2, 0) is 6.42 Å². The molecule has 5 heteroatoms. The minimum Gasteiger partial charge on any atom is -0.310 e. The summed E-state index contributed by atoms with van der Waals surface area (Å²) in [6.07, 6.45) is 0.547. The van der Waals surface area contributed by atoms with Crippen molar-refractivity contribution in [3.8, 4) is 0 Å². The Labute approximate surface area is 139 Å². The van der Waals surface area contributed by atoms with Crippen LogP contribution in [0.25, 0.3) is 0 Å². The molecule has 2 aromatic rings. The van der Waals surface area contributed by atoms with Gasteiger partial charge in [-0.15, -0.1) is 0 Å². The van der Waals surface area contributed by atoms with E-state index >= 15 is 0 Å². The van der Waals surface area contributed by atoms with Crippen molar-refractivity contribution in [2.45, 2.75) is 19.4 Å². The summed E-state index contributed by atoms with van der Waals surface area (Å²) in [7, 11) is 0. The van der Waals surface area contributed by atoms with Gasteiger partial charge in [0.1, 0.15) is 5.82 Å². The van der Waals surface area contributed by atoms with Crippen molar-refractivity contribution in [2.75, 3.05) is 6.54 Å². The molecule has 0 radical (unpaired) electrons. The van der Waals surface area contributed by atoms with Crippen LogP contribution in [0.1, 0.15) is 24.1 Å². The van der Waals surface area contributed by atoms with E-state index in [1.165, 1.54) is 6.07 Å². The van der Waals surface area contributed by atoms with Crippen LogP contribution < -0.4 is 5.32 Å². The highest BCUT2D eigenvalue weighted by Crippen LogP contribution is 2.30. The smallest absolute Gasteiger partial charge is 0.129 e. The molecule has 0 aliphatic carbocycles. The number of benzene rings is 2.